The van der Waals surface area contributed by atoms with Crippen LogP contribution in [0.1, 0.15) is 33.1 Å². The fourth-order valence-corrected chi connectivity index (χ4v) is 2.06. The lowest BCUT2D eigenvalue weighted by Crippen LogP contribution is -2.36. The highest BCUT2D eigenvalue weighted by molar-refractivity contribution is 6.42. The van der Waals surface area contributed by atoms with Crippen molar-refractivity contribution in [3.8, 4) is 5.75 Å². The second-order valence-corrected chi connectivity index (χ2v) is 5.81. The number of unbranched alkanes of at least 4 members (excludes halogenated alkanes) is 1. The Hall–Kier alpha value is -0.480. The number of ether oxygens (including phenoxy) is 1. The number of rotatable bonds is 9. The van der Waals surface area contributed by atoms with E-state index in [0.717, 1.165) is 6.42 Å². The van der Waals surface area contributed by atoms with Crippen LogP contribution in [0.3, 0.4) is 0 Å². The standard InChI is InChI=1S/C15H23Cl2NO2/c1-3-4-5-11(2)18-9-12(19)10-20-13-6-7-14(16)15(17)8-13/h6-8,11-12,18-19H,3-5,9-10H2,1-2H3. The van der Waals surface area contributed by atoms with Gasteiger partial charge in [0.05, 0.1) is 10.0 Å². The number of hydrogen-bond donors (Lipinski definition) is 2. The third kappa shape index (κ3) is 6.80. The molecule has 1 aromatic carbocycles. The highest BCUT2D eigenvalue weighted by atomic mass is 35.5. The Morgan fingerprint density at radius 1 is 1.30 bits per heavy atom. The number of aliphatic hydroxyl groups excluding tert-OH is 1. The van der Waals surface area contributed by atoms with E-state index in [1.807, 2.05) is 0 Å². The van der Waals surface area contributed by atoms with E-state index >= 15 is 0 Å². The van der Waals surface area contributed by atoms with Gasteiger partial charge in [-0.05, 0) is 25.5 Å². The molecule has 5 heteroatoms. The van der Waals surface area contributed by atoms with Gasteiger partial charge in [-0.1, -0.05) is 43.0 Å². The molecule has 0 fully saturated rings. The number of aliphatic hydroxyl groups is 1. The third-order valence-corrected chi connectivity index (χ3v) is 3.77. The first-order valence-electron chi connectivity index (χ1n) is 7.02. The van der Waals surface area contributed by atoms with E-state index in [0.29, 0.717) is 28.4 Å². The number of nitrogens with one attached hydrogen (secondary N) is 1. The molecule has 2 unspecified atom stereocenters. The van der Waals surface area contributed by atoms with E-state index < -0.39 is 6.10 Å². The predicted molar refractivity (Wildman–Crippen MR) is 85.0 cm³/mol. The highest BCUT2D eigenvalue weighted by Crippen LogP contribution is 2.26. The van der Waals surface area contributed by atoms with Crippen molar-refractivity contribution in [3.05, 3.63) is 28.2 Å². The van der Waals surface area contributed by atoms with E-state index in [2.05, 4.69) is 19.2 Å². The molecule has 0 saturated carbocycles. The van der Waals surface area contributed by atoms with Crippen LogP contribution in [-0.4, -0.2) is 30.4 Å². The summed E-state index contributed by atoms with van der Waals surface area (Å²) in [5.41, 5.74) is 0. The molecular formula is C15H23Cl2NO2. The van der Waals surface area contributed by atoms with Crippen molar-refractivity contribution in [2.24, 2.45) is 0 Å². The summed E-state index contributed by atoms with van der Waals surface area (Å²) in [4.78, 5) is 0. The van der Waals surface area contributed by atoms with Crippen LogP contribution in [0.2, 0.25) is 10.0 Å². The molecule has 3 nitrogen and oxygen atoms in total. The van der Waals surface area contributed by atoms with Crippen LogP contribution in [0.15, 0.2) is 18.2 Å². The third-order valence-electron chi connectivity index (χ3n) is 3.03. The highest BCUT2D eigenvalue weighted by Gasteiger charge is 2.08. The molecule has 1 aromatic rings. The van der Waals surface area contributed by atoms with Crippen molar-refractivity contribution in [1.29, 1.82) is 0 Å². The summed E-state index contributed by atoms with van der Waals surface area (Å²) in [6.07, 6.45) is 2.96. The van der Waals surface area contributed by atoms with E-state index in [1.54, 1.807) is 18.2 Å². The number of hydrogen-bond acceptors (Lipinski definition) is 3. The van der Waals surface area contributed by atoms with Gasteiger partial charge in [0, 0.05) is 18.7 Å². The molecule has 0 heterocycles. The van der Waals surface area contributed by atoms with Crippen molar-refractivity contribution in [3.63, 3.8) is 0 Å². The van der Waals surface area contributed by atoms with E-state index in [4.69, 9.17) is 27.9 Å². The first-order chi connectivity index (χ1) is 9.52. The van der Waals surface area contributed by atoms with Gasteiger partial charge in [0.25, 0.3) is 0 Å². The molecule has 0 aliphatic carbocycles. The minimum atomic E-state index is -0.548. The second-order valence-electron chi connectivity index (χ2n) is 4.99. The van der Waals surface area contributed by atoms with Gasteiger partial charge in [-0.15, -0.1) is 0 Å². The first-order valence-corrected chi connectivity index (χ1v) is 7.77. The van der Waals surface area contributed by atoms with Crippen LogP contribution in [-0.2, 0) is 0 Å². The Morgan fingerprint density at radius 3 is 2.70 bits per heavy atom. The first kappa shape index (κ1) is 17.6. The Labute approximate surface area is 131 Å². The average Bonchev–Trinajstić information content (AvgIpc) is 2.44. The second kappa shape index (κ2) is 9.46. The molecule has 1 rings (SSSR count). The summed E-state index contributed by atoms with van der Waals surface area (Å²) >= 11 is 11.7. The molecule has 0 aliphatic rings. The van der Waals surface area contributed by atoms with Crippen LogP contribution < -0.4 is 10.1 Å². The Bertz CT molecular complexity index is 401. The number of halogens is 2. The summed E-state index contributed by atoms with van der Waals surface area (Å²) < 4.78 is 5.48. The Balaban J connectivity index is 2.25. The van der Waals surface area contributed by atoms with Gasteiger partial charge in [0.2, 0.25) is 0 Å². The van der Waals surface area contributed by atoms with Gasteiger partial charge >= 0.3 is 0 Å². The zero-order valence-corrected chi connectivity index (χ0v) is 13.5. The normalized spacial score (nSPS) is 14.1. The molecule has 2 atom stereocenters. The van der Waals surface area contributed by atoms with Gasteiger partial charge in [-0.3, -0.25) is 0 Å². The molecule has 0 amide bonds. The Kier molecular flexibility index (Phi) is 8.31. The van der Waals surface area contributed by atoms with Gasteiger partial charge in [-0.25, -0.2) is 0 Å². The van der Waals surface area contributed by atoms with Gasteiger partial charge < -0.3 is 15.2 Å². The molecule has 0 aromatic heterocycles. The molecule has 0 bridgehead atoms. The SMILES string of the molecule is CCCCC(C)NCC(O)COc1ccc(Cl)c(Cl)c1. The lowest BCUT2D eigenvalue weighted by molar-refractivity contribution is 0.104. The zero-order valence-electron chi connectivity index (χ0n) is 12.0. The van der Waals surface area contributed by atoms with Gasteiger partial charge in [0.15, 0.2) is 0 Å². The molecule has 0 spiro atoms. The van der Waals surface area contributed by atoms with Crippen molar-refractivity contribution in [1.82, 2.24) is 5.32 Å². The maximum Gasteiger partial charge on any atom is 0.121 e. The lowest BCUT2D eigenvalue weighted by Gasteiger charge is -2.17. The minimum Gasteiger partial charge on any atom is -0.491 e. The van der Waals surface area contributed by atoms with Crippen LogP contribution in [0.25, 0.3) is 0 Å². The van der Waals surface area contributed by atoms with Gasteiger partial charge in [0.1, 0.15) is 18.5 Å². The number of benzene rings is 1. The van der Waals surface area contributed by atoms with Crippen molar-refractivity contribution in [2.75, 3.05) is 13.2 Å². The van der Waals surface area contributed by atoms with Gasteiger partial charge in [-0.2, -0.15) is 0 Å². The Morgan fingerprint density at radius 2 is 2.05 bits per heavy atom. The van der Waals surface area contributed by atoms with Crippen LogP contribution >= 0.6 is 23.2 Å². The quantitative estimate of drug-likeness (QED) is 0.725. The van der Waals surface area contributed by atoms with E-state index in [1.165, 1.54) is 12.8 Å². The smallest absolute Gasteiger partial charge is 0.121 e. The van der Waals surface area contributed by atoms with Crippen molar-refractivity contribution >= 4 is 23.2 Å². The molecule has 2 N–H and O–H groups in total. The van der Waals surface area contributed by atoms with Crippen molar-refractivity contribution in [2.45, 2.75) is 45.3 Å². The topological polar surface area (TPSA) is 41.5 Å². The molecule has 0 aliphatic heterocycles. The summed E-state index contributed by atoms with van der Waals surface area (Å²) in [5, 5.41) is 14.1. The summed E-state index contributed by atoms with van der Waals surface area (Å²) in [6, 6.07) is 5.47. The molecule has 114 valence electrons. The molecule has 0 saturated heterocycles. The molecule has 20 heavy (non-hydrogen) atoms. The monoisotopic (exact) mass is 319 g/mol. The average molecular weight is 320 g/mol. The maximum absolute atomic E-state index is 9.86. The van der Waals surface area contributed by atoms with E-state index in [-0.39, 0.29) is 6.61 Å². The maximum atomic E-state index is 9.86. The zero-order chi connectivity index (χ0) is 15.0. The fourth-order valence-electron chi connectivity index (χ4n) is 1.77. The van der Waals surface area contributed by atoms with Crippen LogP contribution in [0.4, 0.5) is 0 Å². The largest absolute Gasteiger partial charge is 0.491 e. The molecule has 0 radical (unpaired) electrons. The minimum absolute atomic E-state index is 0.228. The molecular weight excluding hydrogens is 297 g/mol. The van der Waals surface area contributed by atoms with Crippen molar-refractivity contribution < 1.29 is 9.84 Å². The predicted octanol–water partition coefficient (Wildman–Crippen LogP) is 3.90. The summed E-state index contributed by atoms with van der Waals surface area (Å²) in [7, 11) is 0. The lowest BCUT2D eigenvalue weighted by atomic mass is 10.1. The summed E-state index contributed by atoms with van der Waals surface area (Å²) in [6.45, 7) is 5.05. The summed E-state index contributed by atoms with van der Waals surface area (Å²) in [5.74, 6) is 0.609. The van der Waals surface area contributed by atoms with Crippen LogP contribution in [0.5, 0.6) is 5.75 Å². The van der Waals surface area contributed by atoms with Crippen LogP contribution in [0, 0.1) is 0 Å². The fraction of sp³-hybridized carbons (Fsp3) is 0.600. The van der Waals surface area contributed by atoms with E-state index in [9.17, 15) is 5.11 Å².